The number of halogens is 3. The minimum Gasteiger partial charge on any atom is -0.397 e. The number of nitrogen functional groups attached to an aromatic ring is 1. The molecule has 0 saturated carbocycles. The Balaban J connectivity index is 2.33. The Hall–Kier alpha value is -0.850. The molecule has 3 nitrogen and oxygen atoms in total. The molecule has 3 N–H and O–H groups in total. The third kappa shape index (κ3) is 3.42. The van der Waals surface area contributed by atoms with Crippen LogP contribution in [0.2, 0.25) is 0 Å². The summed E-state index contributed by atoms with van der Waals surface area (Å²) in [7, 11) is 0. The van der Waals surface area contributed by atoms with Crippen LogP contribution in [-0.2, 0) is 0 Å². The number of benzene rings is 2. The summed E-state index contributed by atoms with van der Waals surface area (Å²) < 4.78 is 2.32. The summed E-state index contributed by atoms with van der Waals surface area (Å²) in [5, 5.41) is 2.82. The standard InChI is InChI=1S/C14H11Br3N2O/c1-7-2-3-9(10(16)4-7)14(20)19-13-11(17)5-8(15)6-12(13)18/h2-6H,18H2,1H3,(H,19,20). The van der Waals surface area contributed by atoms with Crippen LogP contribution in [0.5, 0.6) is 0 Å². The second-order valence-electron chi connectivity index (χ2n) is 4.29. The zero-order valence-corrected chi connectivity index (χ0v) is 15.3. The third-order valence-electron chi connectivity index (χ3n) is 2.69. The Morgan fingerprint density at radius 2 is 1.80 bits per heavy atom. The molecule has 2 rings (SSSR count). The molecule has 20 heavy (non-hydrogen) atoms. The van der Waals surface area contributed by atoms with Crippen LogP contribution in [0.1, 0.15) is 15.9 Å². The van der Waals surface area contributed by atoms with Crippen LogP contribution >= 0.6 is 47.8 Å². The van der Waals surface area contributed by atoms with Crippen LogP contribution in [-0.4, -0.2) is 5.91 Å². The van der Waals surface area contributed by atoms with Crippen molar-refractivity contribution in [3.63, 3.8) is 0 Å². The number of anilines is 2. The molecule has 0 aliphatic rings. The molecule has 0 bridgehead atoms. The van der Waals surface area contributed by atoms with Crippen molar-refractivity contribution in [2.45, 2.75) is 6.92 Å². The number of nitrogens with two attached hydrogens (primary N) is 1. The fourth-order valence-electron chi connectivity index (χ4n) is 1.71. The van der Waals surface area contributed by atoms with Gasteiger partial charge in [0.05, 0.1) is 16.9 Å². The van der Waals surface area contributed by atoms with E-state index >= 15 is 0 Å². The second kappa shape index (κ2) is 6.28. The van der Waals surface area contributed by atoms with Gasteiger partial charge in [0.25, 0.3) is 5.91 Å². The van der Waals surface area contributed by atoms with Gasteiger partial charge in [-0.25, -0.2) is 0 Å². The number of hydrogen-bond donors (Lipinski definition) is 2. The number of nitrogens with one attached hydrogen (secondary N) is 1. The number of carbonyl (C=O) groups excluding carboxylic acids is 1. The van der Waals surface area contributed by atoms with E-state index in [2.05, 4.69) is 53.1 Å². The lowest BCUT2D eigenvalue weighted by molar-refractivity contribution is 0.102. The minimum atomic E-state index is -0.216. The van der Waals surface area contributed by atoms with Crippen molar-refractivity contribution in [2.24, 2.45) is 0 Å². The first-order chi connectivity index (χ1) is 9.38. The van der Waals surface area contributed by atoms with Crippen molar-refractivity contribution in [3.8, 4) is 0 Å². The van der Waals surface area contributed by atoms with E-state index in [0.29, 0.717) is 16.9 Å². The fraction of sp³-hybridized carbons (Fsp3) is 0.0714. The van der Waals surface area contributed by atoms with E-state index in [-0.39, 0.29) is 5.91 Å². The van der Waals surface area contributed by atoms with E-state index in [1.807, 2.05) is 25.1 Å². The molecule has 0 saturated heterocycles. The molecule has 1 amide bonds. The largest absolute Gasteiger partial charge is 0.397 e. The maximum atomic E-state index is 12.3. The number of rotatable bonds is 2. The van der Waals surface area contributed by atoms with E-state index < -0.39 is 0 Å². The van der Waals surface area contributed by atoms with E-state index in [1.165, 1.54) is 0 Å². The highest BCUT2D eigenvalue weighted by molar-refractivity contribution is 9.11. The van der Waals surface area contributed by atoms with Gasteiger partial charge in [-0.2, -0.15) is 0 Å². The van der Waals surface area contributed by atoms with Crippen LogP contribution in [0, 0.1) is 6.92 Å². The van der Waals surface area contributed by atoms with E-state index in [4.69, 9.17) is 5.73 Å². The Kier molecular flexibility index (Phi) is 4.88. The van der Waals surface area contributed by atoms with Gasteiger partial charge in [-0.3, -0.25) is 4.79 Å². The first-order valence-electron chi connectivity index (χ1n) is 5.70. The summed E-state index contributed by atoms with van der Waals surface area (Å²) in [6.45, 7) is 1.97. The third-order valence-corrected chi connectivity index (χ3v) is 4.43. The van der Waals surface area contributed by atoms with Gasteiger partial charge < -0.3 is 11.1 Å². The normalized spacial score (nSPS) is 10.4. The average Bonchev–Trinajstić information content (AvgIpc) is 2.33. The lowest BCUT2D eigenvalue weighted by atomic mass is 10.1. The highest BCUT2D eigenvalue weighted by Crippen LogP contribution is 2.33. The van der Waals surface area contributed by atoms with E-state index in [9.17, 15) is 4.79 Å². The number of aryl methyl sites for hydroxylation is 1. The first kappa shape index (κ1) is 15.5. The molecule has 0 aliphatic carbocycles. The predicted octanol–water partition coefficient (Wildman–Crippen LogP) is 5.12. The average molecular weight is 463 g/mol. The minimum absolute atomic E-state index is 0.216. The molecular weight excluding hydrogens is 452 g/mol. The molecule has 0 aliphatic heterocycles. The smallest absolute Gasteiger partial charge is 0.256 e. The Morgan fingerprint density at radius 3 is 2.40 bits per heavy atom. The molecule has 0 spiro atoms. The molecule has 104 valence electrons. The molecule has 0 fully saturated rings. The SMILES string of the molecule is Cc1ccc(C(=O)Nc2c(N)cc(Br)cc2Br)c(Br)c1. The lowest BCUT2D eigenvalue weighted by Crippen LogP contribution is -2.14. The summed E-state index contributed by atoms with van der Waals surface area (Å²) in [6, 6.07) is 9.13. The van der Waals surface area contributed by atoms with Crippen molar-refractivity contribution in [3.05, 3.63) is 54.9 Å². The van der Waals surface area contributed by atoms with E-state index in [0.717, 1.165) is 19.0 Å². The van der Waals surface area contributed by atoms with Crippen LogP contribution in [0.4, 0.5) is 11.4 Å². The van der Waals surface area contributed by atoms with Gasteiger partial charge in [0.1, 0.15) is 0 Å². The molecule has 0 unspecified atom stereocenters. The first-order valence-corrected chi connectivity index (χ1v) is 8.08. The van der Waals surface area contributed by atoms with Crippen LogP contribution in [0.25, 0.3) is 0 Å². The maximum Gasteiger partial charge on any atom is 0.256 e. The molecule has 2 aromatic carbocycles. The zero-order valence-electron chi connectivity index (χ0n) is 10.5. The molecular formula is C14H11Br3N2O. The molecule has 0 aromatic heterocycles. The molecule has 0 atom stereocenters. The monoisotopic (exact) mass is 460 g/mol. The van der Waals surface area contributed by atoms with Gasteiger partial charge in [0.15, 0.2) is 0 Å². The molecule has 0 radical (unpaired) electrons. The Bertz CT molecular complexity index is 663. The van der Waals surface area contributed by atoms with Gasteiger partial charge in [0.2, 0.25) is 0 Å². The zero-order chi connectivity index (χ0) is 14.9. The summed E-state index contributed by atoms with van der Waals surface area (Å²) >= 11 is 10.1. The maximum absolute atomic E-state index is 12.3. The van der Waals surface area contributed by atoms with Crippen LogP contribution in [0.3, 0.4) is 0 Å². The van der Waals surface area contributed by atoms with Crippen molar-refractivity contribution in [2.75, 3.05) is 11.1 Å². The Morgan fingerprint density at radius 1 is 1.10 bits per heavy atom. The molecule has 6 heteroatoms. The number of amides is 1. The fourth-order valence-corrected chi connectivity index (χ4v) is 3.74. The van der Waals surface area contributed by atoms with Crippen LogP contribution in [0.15, 0.2) is 43.7 Å². The lowest BCUT2D eigenvalue weighted by Gasteiger charge is -2.12. The summed E-state index contributed by atoms with van der Waals surface area (Å²) in [5.74, 6) is -0.216. The highest BCUT2D eigenvalue weighted by atomic mass is 79.9. The van der Waals surface area contributed by atoms with Crippen molar-refractivity contribution >= 4 is 65.1 Å². The highest BCUT2D eigenvalue weighted by Gasteiger charge is 2.14. The van der Waals surface area contributed by atoms with Gasteiger partial charge in [-0.1, -0.05) is 22.0 Å². The number of hydrogen-bond acceptors (Lipinski definition) is 2. The molecule has 2 aromatic rings. The molecule has 0 heterocycles. The Labute approximate surface area is 142 Å². The van der Waals surface area contributed by atoms with Gasteiger partial charge >= 0.3 is 0 Å². The van der Waals surface area contributed by atoms with Gasteiger partial charge in [-0.05, 0) is 68.6 Å². The summed E-state index contributed by atoms with van der Waals surface area (Å²) in [5.41, 5.74) is 8.62. The van der Waals surface area contributed by atoms with Crippen LogP contribution < -0.4 is 11.1 Å². The van der Waals surface area contributed by atoms with Gasteiger partial charge in [0, 0.05) is 13.4 Å². The summed E-state index contributed by atoms with van der Waals surface area (Å²) in [4.78, 5) is 12.3. The second-order valence-corrected chi connectivity index (χ2v) is 6.91. The van der Waals surface area contributed by atoms with E-state index in [1.54, 1.807) is 12.1 Å². The number of carbonyl (C=O) groups is 1. The topological polar surface area (TPSA) is 55.1 Å². The van der Waals surface area contributed by atoms with Crippen molar-refractivity contribution in [1.29, 1.82) is 0 Å². The van der Waals surface area contributed by atoms with Gasteiger partial charge in [-0.15, -0.1) is 0 Å². The van der Waals surface area contributed by atoms with Crippen molar-refractivity contribution < 1.29 is 4.79 Å². The predicted molar refractivity (Wildman–Crippen MR) is 93.1 cm³/mol. The quantitative estimate of drug-likeness (QED) is 0.609. The summed E-state index contributed by atoms with van der Waals surface area (Å²) in [6.07, 6.45) is 0. The van der Waals surface area contributed by atoms with Crippen molar-refractivity contribution in [1.82, 2.24) is 0 Å².